The Balaban J connectivity index is 1.69. The molecular weight excluding hydrogens is 338 g/mol. The molecule has 1 fully saturated rings. The summed E-state index contributed by atoms with van der Waals surface area (Å²) < 4.78 is 6.10. The number of nitrogens with one attached hydrogen (secondary N) is 1. The highest BCUT2D eigenvalue weighted by Crippen LogP contribution is 2.28. The van der Waals surface area contributed by atoms with Crippen LogP contribution in [0.15, 0.2) is 60.7 Å². The Morgan fingerprint density at radius 1 is 1.11 bits per heavy atom. The van der Waals surface area contributed by atoms with Gasteiger partial charge in [-0.25, -0.2) is 4.98 Å². The maximum atomic E-state index is 13.4. The van der Waals surface area contributed by atoms with Crippen LogP contribution in [0.1, 0.15) is 28.9 Å². The van der Waals surface area contributed by atoms with E-state index in [1.165, 1.54) is 0 Å². The monoisotopic (exact) mass is 361 g/mol. The lowest BCUT2D eigenvalue weighted by molar-refractivity contribution is -0.0691. The van der Waals surface area contributed by atoms with E-state index in [0.29, 0.717) is 24.5 Å². The zero-order chi connectivity index (χ0) is 18.8. The van der Waals surface area contributed by atoms with Crippen LogP contribution in [0, 0.1) is 0 Å². The minimum atomic E-state index is -0.115. The van der Waals surface area contributed by atoms with Gasteiger partial charge in [-0.1, -0.05) is 48.5 Å². The van der Waals surface area contributed by atoms with Crippen LogP contribution in [0.5, 0.6) is 0 Å². The number of amides is 1. The van der Waals surface area contributed by atoms with Crippen molar-refractivity contribution in [1.29, 1.82) is 0 Å². The lowest BCUT2D eigenvalue weighted by Gasteiger charge is -2.37. The fraction of sp³-hybridized carbons (Fsp3) is 0.273. The zero-order valence-electron chi connectivity index (χ0n) is 15.6. The average Bonchev–Trinajstić information content (AvgIpc) is 2.72. The second-order valence-electron chi connectivity index (χ2n) is 6.88. The maximum absolute atomic E-state index is 13.4. The Labute approximate surface area is 159 Å². The fourth-order valence-electron chi connectivity index (χ4n) is 3.62. The highest BCUT2D eigenvalue weighted by molar-refractivity contribution is 6.07. The molecule has 0 aliphatic carbocycles. The number of carbonyl (C=O) groups excluding carboxylic acids is 1. The predicted octanol–water partition coefficient (Wildman–Crippen LogP) is 3.88. The summed E-state index contributed by atoms with van der Waals surface area (Å²) in [4.78, 5) is 19.9. The molecule has 4 rings (SSSR count). The number of nitrogens with zero attached hydrogens (tertiary/aromatic N) is 2. The minimum Gasteiger partial charge on any atom is -0.373 e. The van der Waals surface area contributed by atoms with Crippen LogP contribution in [-0.2, 0) is 4.74 Å². The minimum absolute atomic E-state index is 0.0150. The van der Waals surface area contributed by atoms with Crippen molar-refractivity contribution in [3.8, 4) is 0 Å². The molecule has 1 aliphatic rings. The van der Waals surface area contributed by atoms with Crippen molar-refractivity contribution in [2.45, 2.75) is 19.1 Å². The molecule has 0 bridgehead atoms. The van der Waals surface area contributed by atoms with Crippen LogP contribution in [-0.4, -0.2) is 42.0 Å². The quantitative estimate of drug-likeness (QED) is 0.769. The SMILES string of the molecule is CNc1cc(C(=O)N2C[C@@H](C)O[C@@H](c3ccccc3)C2)c2ccccc2n1. The van der Waals surface area contributed by atoms with Crippen molar-refractivity contribution in [2.75, 3.05) is 25.5 Å². The summed E-state index contributed by atoms with van der Waals surface area (Å²) in [7, 11) is 1.81. The number of carbonyl (C=O) groups is 1. The molecule has 2 aromatic carbocycles. The van der Waals surface area contributed by atoms with Gasteiger partial charge in [0.25, 0.3) is 5.91 Å². The van der Waals surface area contributed by atoms with Crippen molar-refractivity contribution >= 4 is 22.6 Å². The summed E-state index contributed by atoms with van der Waals surface area (Å²) in [5.74, 6) is 0.708. The largest absolute Gasteiger partial charge is 0.373 e. The second kappa shape index (κ2) is 7.37. The highest BCUT2D eigenvalue weighted by atomic mass is 16.5. The lowest BCUT2D eigenvalue weighted by Crippen LogP contribution is -2.46. The van der Waals surface area contributed by atoms with Gasteiger partial charge in [0.15, 0.2) is 0 Å². The van der Waals surface area contributed by atoms with Gasteiger partial charge in [0.2, 0.25) is 0 Å². The van der Waals surface area contributed by atoms with Crippen molar-refractivity contribution in [2.24, 2.45) is 0 Å². The molecule has 27 heavy (non-hydrogen) atoms. The molecule has 1 aliphatic heterocycles. The Hall–Kier alpha value is -2.92. The summed E-state index contributed by atoms with van der Waals surface area (Å²) in [5, 5.41) is 3.93. The number of fused-ring (bicyclic) bond motifs is 1. The maximum Gasteiger partial charge on any atom is 0.254 e. The molecule has 1 aromatic heterocycles. The Kier molecular flexibility index (Phi) is 4.77. The molecule has 2 atom stereocenters. The standard InChI is InChI=1S/C22H23N3O2/c1-15-13-25(14-20(27-15)16-8-4-3-5-9-16)22(26)18-12-21(23-2)24-19-11-7-6-10-17(18)19/h3-12,15,20H,13-14H2,1-2H3,(H,23,24)/t15-,20-/m1/s1. The van der Waals surface area contributed by atoms with Crippen LogP contribution in [0.2, 0.25) is 0 Å². The number of aromatic nitrogens is 1. The number of ether oxygens (including phenoxy) is 1. The van der Waals surface area contributed by atoms with E-state index in [2.05, 4.69) is 10.3 Å². The average molecular weight is 361 g/mol. The number of hydrogen-bond donors (Lipinski definition) is 1. The molecule has 5 nitrogen and oxygen atoms in total. The van der Waals surface area contributed by atoms with Gasteiger partial charge in [-0.15, -0.1) is 0 Å². The van der Waals surface area contributed by atoms with Crippen LogP contribution in [0.3, 0.4) is 0 Å². The normalized spacial score (nSPS) is 19.9. The van der Waals surface area contributed by atoms with Crippen LogP contribution in [0.4, 0.5) is 5.82 Å². The van der Waals surface area contributed by atoms with Gasteiger partial charge in [0.05, 0.1) is 23.7 Å². The molecule has 5 heteroatoms. The second-order valence-corrected chi connectivity index (χ2v) is 6.88. The van der Waals surface area contributed by atoms with Gasteiger partial charge >= 0.3 is 0 Å². The number of anilines is 1. The molecule has 0 spiro atoms. The number of morpholine rings is 1. The summed E-state index contributed by atoms with van der Waals surface area (Å²) in [6.45, 7) is 3.13. The van der Waals surface area contributed by atoms with Crippen molar-refractivity contribution in [3.05, 3.63) is 71.8 Å². The molecule has 3 aromatic rings. The Morgan fingerprint density at radius 2 is 1.85 bits per heavy atom. The molecule has 0 saturated carbocycles. The van der Waals surface area contributed by atoms with E-state index >= 15 is 0 Å². The highest BCUT2D eigenvalue weighted by Gasteiger charge is 2.30. The van der Waals surface area contributed by atoms with E-state index in [-0.39, 0.29) is 18.1 Å². The van der Waals surface area contributed by atoms with Crippen molar-refractivity contribution < 1.29 is 9.53 Å². The van der Waals surface area contributed by atoms with E-state index in [4.69, 9.17) is 4.74 Å². The van der Waals surface area contributed by atoms with Crippen molar-refractivity contribution in [3.63, 3.8) is 0 Å². The fourth-order valence-corrected chi connectivity index (χ4v) is 3.62. The third-order valence-corrected chi connectivity index (χ3v) is 4.92. The predicted molar refractivity (Wildman–Crippen MR) is 107 cm³/mol. The van der Waals surface area contributed by atoms with Gasteiger partial charge in [-0.05, 0) is 24.6 Å². The first-order chi connectivity index (χ1) is 13.2. The van der Waals surface area contributed by atoms with Crippen LogP contribution in [0.25, 0.3) is 10.9 Å². The van der Waals surface area contributed by atoms with Gasteiger partial charge in [0.1, 0.15) is 11.9 Å². The van der Waals surface area contributed by atoms with Gasteiger partial charge in [-0.3, -0.25) is 4.79 Å². The molecule has 1 amide bonds. The number of hydrogen-bond acceptors (Lipinski definition) is 4. The Bertz CT molecular complexity index is 958. The number of benzene rings is 2. The van der Waals surface area contributed by atoms with Crippen LogP contribution < -0.4 is 5.32 Å². The molecule has 0 radical (unpaired) electrons. The summed E-state index contributed by atoms with van der Waals surface area (Å²) >= 11 is 0. The first-order valence-electron chi connectivity index (χ1n) is 9.23. The first kappa shape index (κ1) is 17.5. The number of pyridine rings is 1. The van der Waals surface area contributed by atoms with Gasteiger partial charge in [-0.2, -0.15) is 0 Å². The molecular formula is C22H23N3O2. The van der Waals surface area contributed by atoms with E-state index < -0.39 is 0 Å². The van der Waals surface area contributed by atoms with E-state index in [9.17, 15) is 4.79 Å². The number of para-hydroxylation sites is 1. The smallest absolute Gasteiger partial charge is 0.254 e. The zero-order valence-corrected chi connectivity index (χ0v) is 15.6. The number of rotatable bonds is 3. The lowest BCUT2D eigenvalue weighted by atomic mass is 10.0. The van der Waals surface area contributed by atoms with Gasteiger partial charge < -0.3 is 15.0 Å². The van der Waals surface area contributed by atoms with Crippen molar-refractivity contribution in [1.82, 2.24) is 9.88 Å². The van der Waals surface area contributed by atoms with E-state index in [1.54, 1.807) is 0 Å². The summed E-state index contributed by atoms with van der Waals surface area (Å²) in [5.41, 5.74) is 2.58. The molecule has 138 valence electrons. The van der Waals surface area contributed by atoms with E-state index in [0.717, 1.165) is 16.5 Å². The first-order valence-corrected chi connectivity index (χ1v) is 9.23. The topological polar surface area (TPSA) is 54.5 Å². The molecule has 1 saturated heterocycles. The molecule has 0 unspecified atom stereocenters. The van der Waals surface area contributed by atoms with Crippen LogP contribution >= 0.6 is 0 Å². The molecule has 1 N–H and O–H groups in total. The summed E-state index contributed by atoms with van der Waals surface area (Å²) in [6.07, 6.45) is -0.138. The third-order valence-electron chi connectivity index (χ3n) is 4.92. The Morgan fingerprint density at radius 3 is 2.63 bits per heavy atom. The molecule has 2 heterocycles. The van der Waals surface area contributed by atoms with Gasteiger partial charge in [0, 0.05) is 19.0 Å². The third kappa shape index (κ3) is 3.51. The van der Waals surface area contributed by atoms with E-state index in [1.807, 2.05) is 79.5 Å². The summed E-state index contributed by atoms with van der Waals surface area (Å²) in [6, 6.07) is 19.7.